The Kier molecular flexibility index (Phi) is 5.77. The van der Waals surface area contributed by atoms with Gasteiger partial charge >= 0.3 is 0 Å². The van der Waals surface area contributed by atoms with Crippen LogP contribution in [0.1, 0.15) is 40.5 Å². The number of nitrogens with zero attached hydrogens (tertiary/aromatic N) is 1. The number of likely N-dealkylation sites (tertiary alicyclic amines) is 1. The summed E-state index contributed by atoms with van der Waals surface area (Å²) < 4.78 is 0. The fourth-order valence-electron chi connectivity index (χ4n) is 2.69. The van der Waals surface area contributed by atoms with E-state index in [0.29, 0.717) is 11.8 Å². The molecule has 96 valence electrons. The topological polar surface area (TPSA) is 29.3 Å². The van der Waals surface area contributed by atoms with Gasteiger partial charge in [-0.2, -0.15) is 0 Å². The van der Waals surface area contributed by atoms with Crippen LogP contribution in [0.5, 0.6) is 0 Å². The van der Waals surface area contributed by atoms with Crippen LogP contribution >= 0.6 is 0 Å². The van der Waals surface area contributed by atoms with Gasteiger partial charge in [0.05, 0.1) is 0 Å². The molecule has 0 bridgehead atoms. The lowest BCUT2D eigenvalue weighted by atomic mass is 9.86. The van der Waals surface area contributed by atoms with Gasteiger partial charge in [0, 0.05) is 6.54 Å². The third-order valence-corrected chi connectivity index (χ3v) is 4.31. The van der Waals surface area contributed by atoms with Crippen molar-refractivity contribution < 1.29 is 0 Å². The average molecular weight is 226 g/mol. The van der Waals surface area contributed by atoms with Gasteiger partial charge in [-0.1, -0.05) is 27.7 Å². The minimum atomic E-state index is 0.676. The molecule has 1 aliphatic rings. The molecule has 1 heterocycles. The highest BCUT2D eigenvalue weighted by Crippen LogP contribution is 2.25. The molecule has 2 nitrogen and oxygen atoms in total. The summed E-state index contributed by atoms with van der Waals surface area (Å²) in [6.45, 7) is 13.9. The van der Waals surface area contributed by atoms with Crippen LogP contribution in [-0.4, -0.2) is 31.1 Å². The van der Waals surface area contributed by atoms with Crippen molar-refractivity contribution in [3.05, 3.63) is 0 Å². The molecule has 0 aromatic carbocycles. The molecular weight excluding hydrogens is 196 g/mol. The first-order valence-electron chi connectivity index (χ1n) is 6.97. The van der Waals surface area contributed by atoms with Crippen LogP contribution in [0.3, 0.4) is 0 Å². The van der Waals surface area contributed by atoms with Gasteiger partial charge in [0.25, 0.3) is 0 Å². The molecule has 1 aliphatic heterocycles. The van der Waals surface area contributed by atoms with Gasteiger partial charge in [-0.15, -0.1) is 0 Å². The highest BCUT2D eigenvalue weighted by Gasteiger charge is 2.23. The number of piperidine rings is 1. The molecule has 0 amide bonds. The monoisotopic (exact) mass is 226 g/mol. The Morgan fingerprint density at radius 3 is 2.06 bits per heavy atom. The van der Waals surface area contributed by atoms with E-state index in [0.717, 1.165) is 18.4 Å². The summed E-state index contributed by atoms with van der Waals surface area (Å²) in [4.78, 5) is 2.62. The van der Waals surface area contributed by atoms with Gasteiger partial charge in [-0.05, 0) is 56.1 Å². The quantitative estimate of drug-likeness (QED) is 0.781. The Labute approximate surface area is 102 Å². The van der Waals surface area contributed by atoms with Crippen LogP contribution in [0.25, 0.3) is 0 Å². The lowest BCUT2D eigenvalue weighted by molar-refractivity contribution is 0.129. The molecule has 0 radical (unpaired) electrons. The maximum Gasteiger partial charge on any atom is 0.00242 e. The van der Waals surface area contributed by atoms with Gasteiger partial charge in [0.2, 0.25) is 0 Å². The second-order valence-corrected chi connectivity index (χ2v) is 6.12. The van der Waals surface area contributed by atoms with Crippen molar-refractivity contribution in [3.63, 3.8) is 0 Å². The normalized spacial score (nSPS) is 21.9. The van der Waals surface area contributed by atoms with Crippen LogP contribution < -0.4 is 5.73 Å². The van der Waals surface area contributed by atoms with Crippen molar-refractivity contribution in [2.75, 3.05) is 26.2 Å². The predicted molar refractivity (Wildman–Crippen MR) is 71.4 cm³/mol. The molecule has 0 spiro atoms. The van der Waals surface area contributed by atoms with E-state index in [2.05, 4.69) is 32.6 Å². The Hall–Kier alpha value is -0.0800. The number of rotatable bonds is 5. The molecule has 1 unspecified atom stereocenters. The summed E-state index contributed by atoms with van der Waals surface area (Å²) in [5.74, 6) is 3.20. The number of hydrogen-bond donors (Lipinski definition) is 1. The number of hydrogen-bond acceptors (Lipinski definition) is 2. The molecule has 1 saturated heterocycles. The Morgan fingerprint density at radius 2 is 1.69 bits per heavy atom. The Morgan fingerprint density at radius 1 is 1.12 bits per heavy atom. The van der Waals surface area contributed by atoms with E-state index in [1.54, 1.807) is 0 Å². The van der Waals surface area contributed by atoms with E-state index in [4.69, 9.17) is 5.73 Å². The summed E-state index contributed by atoms with van der Waals surface area (Å²) in [6.07, 6.45) is 2.76. The maximum absolute atomic E-state index is 5.84. The van der Waals surface area contributed by atoms with E-state index in [1.165, 1.54) is 32.5 Å². The summed E-state index contributed by atoms with van der Waals surface area (Å²) in [6, 6.07) is 0. The van der Waals surface area contributed by atoms with Gasteiger partial charge in [-0.25, -0.2) is 0 Å². The van der Waals surface area contributed by atoms with Crippen molar-refractivity contribution in [2.24, 2.45) is 29.4 Å². The summed E-state index contributed by atoms with van der Waals surface area (Å²) in [5.41, 5.74) is 5.84. The first-order valence-corrected chi connectivity index (χ1v) is 6.97. The second-order valence-electron chi connectivity index (χ2n) is 6.12. The SMILES string of the molecule is CC(C)C1CCN(CC(CN)C(C)C)CC1. The van der Waals surface area contributed by atoms with E-state index < -0.39 is 0 Å². The molecule has 2 heteroatoms. The molecule has 0 aliphatic carbocycles. The molecule has 1 fully saturated rings. The summed E-state index contributed by atoms with van der Waals surface area (Å²) in [7, 11) is 0. The fraction of sp³-hybridized carbons (Fsp3) is 1.00. The molecule has 1 rings (SSSR count). The average Bonchev–Trinajstić information content (AvgIpc) is 2.26. The molecule has 0 saturated carbocycles. The first-order chi connectivity index (χ1) is 7.54. The van der Waals surface area contributed by atoms with Gasteiger partial charge < -0.3 is 10.6 Å². The van der Waals surface area contributed by atoms with E-state index in [1.807, 2.05) is 0 Å². The van der Waals surface area contributed by atoms with Crippen molar-refractivity contribution in [1.82, 2.24) is 4.90 Å². The lowest BCUT2D eigenvalue weighted by Gasteiger charge is -2.36. The van der Waals surface area contributed by atoms with Crippen LogP contribution in [0.4, 0.5) is 0 Å². The summed E-state index contributed by atoms with van der Waals surface area (Å²) in [5, 5.41) is 0. The predicted octanol–water partition coefficient (Wildman–Crippen LogP) is 2.59. The van der Waals surface area contributed by atoms with E-state index in [-0.39, 0.29) is 0 Å². The van der Waals surface area contributed by atoms with Crippen LogP contribution in [0.2, 0.25) is 0 Å². The van der Waals surface area contributed by atoms with Gasteiger partial charge in [0.1, 0.15) is 0 Å². The molecule has 0 aromatic rings. The maximum atomic E-state index is 5.84. The van der Waals surface area contributed by atoms with Crippen LogP contribution in [0, 0.1) is 23.7 Å². The fourth-order valence-corrected chi connectivity index (χ4v) is 2.69. The molecule has 1 atom stereocenters. The summed E-state index contributed by atoms with van der Waals surface area (Å²) >= 11 is 0. The molecule has 0 aromatic heterocycles. The minimum Gasteiger partial charge on any atom is -0.330 e. The highest BCUT2D eigenvalue weighted by molar-refractivity contribution is 4.77. The van der Waals surface area contributed by atoms with Crippen molar-refractivity contribution in [1.29, 1.82) is 0 Å². The largest absolute Gasteiger partial charge is 0.330 e. The highest BCUT2D eigenvalue weighted by atomic mass is 15.1. The van der Waals surface area contributed by atoms with E-state index in [9.17, 15) is 0 Å². The Bertz CT molecular complexity index is 181. The third kappa shape index (κ3) is 4.06. The first kappa shape index (κ1) is 14.0. The molecular formula is C14H30N2. The zero-order valence-corrected chi connectivity index (χ0v) is 11.6. The zero-order chi connectivity index (χ0) is 12.1. The second kappa shape index (κ2) is 6.61. The smallest absolute Gasteiger partial charge is 0.00242 e. The van der Waals surface area contributed by atoms with Gasteiger partial charge in [-0.3, -0.25) is 0 Å². The molecule has 2 N–H and O–H groups in total. The Balaban J connectivity index is 2.31. The van der Waals surface area contributed by atoms with Crippen LogP contribution in [0.15, 0.2) is 0 Å². The third-order valence-electron chi connectivity index (χ3n) is 4.31. The van der Waals surface area contributed by atoms with Crippen LogP contribution in [-0.2, 0) is 0 Å². The molecule has 16 heavy (non-hydrogen) atoms. The van der Waals surface area contributed by atoms with Crippen molar-refractivity contribution in [2.45, 2.75) is 40.5 Å². The number of nitrogens with two attached hydrogens (primary N) is 1. The standard InChI is InChI=1S/C14H30N2/c1-11(2)13-5-7-16(8-6-13)10-14(9-15)12(3)4/h11-14H,5-10,15H2,1-4H3. The lowest BCUT2D eigenvalue weighted by Crippen LogP contribution is -2.41. The van der Waals surface area contributed by atoms with Gasteiger partial charge in [0.15, 0.2) is 0 Å². The van der Waals surface area contributed by atoms with E-state index >= 15 is 0 Å². The zero-order valence-electron chi connectivity index (χ0n) is 11.6. The minimum absolute atomic E-state index is 0.676. The van der Waals surface area contributed by atoms with Crippen molar-refractivity contribution in [3.8, 4) is 0 Å². The van der Waals surface area contributed by atoms with Crippen molar-refractivity contribution >= 4 is 0 Å².